The van der Waals surface area contributed by atoms with E-state index in [0.29, 0.717) is 11.4 Å². The van der Waals surface area contributed by atoms with E-state index in [1.54, 1.807) is 4.90 Å². The monoisotopic (exact) mass is 543 g/mol. The van der Waals surface area contributed by atoms with Gasteiger partial charge < -0.3 is 4.57 Å². The quantitative estimate of drug-likeness (QED) is 0.242. The Bertz CT molecular complexity index is 1470. The van der Waals surface area contributed by atoms with Gasteiger partial charge in [-0.05, 0) is 74.5 Å². The summed E-state index contributed by atoms with van der Waals surface area (Å²) in [6, 6.07) is 24.9. The minimum atomic E-state index is 0.00695. The molecule has 3 aromatic carbocycles. The zero-order chi connectivity index (χ0) is 24.5. The van der Waals surface area contributed by atoms with Crippen LogP contribution in [0.3, 0.4) is 0 Å². The van der Waals surface area contributed by atoms with Gasteiger partial charge in [-0.25, -0.2) is 4.99 Å². The Hall–Kier alpha value is -3.09. The molecule has 4 nitrogen and oxygen atoms in total. The number of halogens is 1. The number of aromatic nitrogens is 1. The van der Waals surface area contributed by atoms with Crippen molar-refractivity contribution < 1.29 is 4.79 Å². The van der Waals surface area contributed by atoms with Crippen molar-refractivity contribution in [2.45, 2.75) is 27.3 Å². The number of nitrogens with zero attached hydrogens (tertiary/aromatic N) is 3. The minimum absolute atomic E-state index is 0.00695. The smallest absolute Gasteiger partial charge is 0.266 e. The molecule has 0 unspecified atom stereocenters. The highest BCUT2D eigenvalue weighted by molar-refractivity contribution is 9.10. The number of amides is 1. The van der Waals surface area contributed by atoms with E-state index in [2.05, 4.69) is 82.9 Å². The Kier molecular flexibility index (Phi) is 6.67. The number of aryl methyl sites for hydroxylation is 1. The molecule has 1 saturated heterocycles. The van der Waals surface area contributed by atoms with Gasteiger partial charge in [0.2, 0.25) is 0 Å². The Morgan fingerprint density at radius 3 is 2.40 bits per heavy atom. The van der Waals surface area contributed by atoms with Crippen molar-refractivity contribution in [3.63, 3.8) is 0 Å². The molecule has 1 fully saturated rings. The van der Waals surface area contributed by atoms with Gasteiger partial charge in [-0.3, -0.25) is 9.69 Å². The molecule has 1 aliphatic heterocycles. The SMILES string of the molecule is CCN1C(=O)/C(=C\c2c(C)n(Cc3ccc(Br)cc3)c3ccccc23)SC1=Nc1ccc(C)cc1. The molecule has 0 atom stereocenters. The highest BCUT2D eigenvalue weighted by atomic mass is 79.9. The van der Waals surface area contributed by atoms with E-state index in [1.165, 1.54) is 22.9 Å². The number of thioether (sulfide) groups is 1. The van der Waals surface area contributed by atoms with Gasteiger partial charge in [0, 0.05) is 39.7 Å². The second-order valence-corrected chi connectivity index (χ2v) is 10.5. The number of carbonyl (C=O) groups is 1. The number of benzene rings is 3. The summed E-state index contributed by atoms with van der Waals surface area (Å²) in [5.41, 5.74) is 6.66. The highest BCUT2D eigenvalue weighted by Gasteiger charge is 2.32. The Balaban J connectivity index is 1.55. The van der Waals surface area contributed by atoms with Gasteiger partial charge in [0.1, 0.15) is 0 Å². The van der Waals surface area contributed by atoms with Crippen LogP contribution in [0.25, 0.3) is 17.0 Å². The first-order chi connectivity index (χ1) is 16.9. The molecule has 1 aromatic heterocycles. The van der Waals surface area contributed by atoms with E-state index in [1.807, 2.05) is 37.3 Å². The number of hydrogen-bond acceptors (Lipinski definition) is 3. The number of carbonyl (C=O) groups excluding carboxylic acids is 1. The Labute approximate surface area is 218 Å². The van der Waals surface area contributed by atoms with Crippen molar-refractivity contribution in [1.29, 1.82) is 0 Å². The van der Waals surface area contributed by atoms with Gasteiger partial charge >= 0.3 is 0 Å². The maximum Gasteiger partial charge on any atom is 0.266 e. The van der Waals surface area contributed by atoms with Gasteiger partial charge in [0.15, 0.2) is 5.17 Å². The molecule has 0 aliphatic carbocycles. The first kappa shape index (κ1) is 23.6. The van der Waals surface area contributed by atoms with E-state index < -0.39 is 0 Å². The predicted octanol–water partition coefficient (Wildman–Crippen LogP) is 7.69. The number of likely N-dealkylation sites (N-methyl/N-ethyl adjacent to an activating group) is 1. The van der Waals surface area contributed by atoms with Crippen LogP contribution in [0.4, 0.5) is 5.69 Å². The number of amidine groups is 1. The van der Waals surface area contributed by atoms with Crippen LogP contribution in [0.2, 0.25) is 0 Å². The van der Waals surface area contributed by atoms with Crippen LogP contribution in [0, 0.1) is 13.8 Å². The summed E-state index contributed by atoms with van der Waals surface area (Å²) in [6.07, 6.45) is 2.04. The molecule has 2 heterocycles. The lowest BCUT2D eigenvalue weighted by molar-refractivity contribution is -0.122. The van der Waals surface area contributed by atoms with E-state index in [4.69, 9.17) is 4.99 Å². The fourth-order valence-electron chi connectivity index (χ4n) is 4.35. The average Bonchev–Trinajstić information content (AvgIpc) is 3.30. The van der Waals surface area contributed by atoms with Crippen LogP contribution >= 0.6 is 27.7 Å². The van der Waals surface area contributed by atoms with Crippen molar-refractivity contribution in [3.05, 3.63) is 105 Å². The van der Waals surface area contributed by atoms with Crippen molar-refractivity contribution in [3.8, 4) is 0 Å². The van der Waals surface area contributed by atoms with Gasteiger partial charge in [0.05, 0.1) is 10.6 Å². The van der Waals surface area contributed by atoms with Gasteiger partial charge in [-0.2, -0.15) is 0 Å². The summed E-state index contributed by atoms with van der Waals surface area (Å²) >= 11 is 4.97. The van der Waals surface area contributed by atoms with Crippen molar-refractivity contribution in [2.24, 2.45) is 4.99 Å². The first-order valence-corrected chi connectivity index (χ1v) is 13.2. The third kappa shape index (κ3) is 4.73. The lowest BCUT2D eigenvalue weighted by Gasteiger charge is -2.12. The molecule has 0 N–H and O–H groups in total. The molecule has 5 rings (SSSR count). The van der Waals surface area contributed by atoms with Crippen LogP contribution in [0.5, 0.6) is 0 Å². The second kappa shape index (κ2) is 9.88. The maximum absolute atomic E-state index is 13.3. The average molecular weight is 545 g/mol. The molecular formula is C29H26BrN3OS. The zero-order valence-corrected chi connectivity index (χ0v) is 22.4. The summed E-state index contributed by atoms with van der Waals surface area (Å²) in [5, 5.41) is 1.87. The van der Waals surface area contributed by atoms with Crippen molar-refractivity contribution in [2.75, 3.05) is 6.54 Å². The highest BCUT2D eigenvalue weighted by Crippen LogP contribution is 2.37. The van der Waals surface area contributed by atoms with E-state index in [-0.39, 0.29) is 5.91 Å². The predicted molar refractivity (Wildman–Crippen MR) is 151 cm³/mol. The first-order valence-electron chi connectivity index (χ1n) is 11.6. The normalized spacial score (nSPS) is 16.2. The summed E-state index contributed by atoms with van der Waals surface area (Å²) in [5.74, 6) is 0.00695. The number of hydrogen-bond donors (Lipinski definition) is 0. The van der Waals surface area contributed by atoms with Crippen LogP contribution in [0.15, 0.2) is 87.2 Å². The fourth-order valence-corrected chi connectivity index (χ4v) is 5.66. The lowest BCUT2D eigenvalue weighted by Crippen LogP contribution is -2.28. The second-order valence-electron chi connectivity index (χ2n) is 8.62. The maximum atomic E-state index is 13.3. The number of para-hydroxylation sites is 1. The molecule has 0 radical (unpaired) electrons. The molecule has 0 spiro atoms. The molecule has 1 amide bonds. The topological polar surface area (TPSA) is 37.6 Å². The molecule has 0 saturated carbocycles. The summed E-state index contributed by atoms with van der Waals surface area (Å²) in [6.45, 7) is 7.53. The standard InChI is InChI=1S/C29H26BrN3OS/c1-4-32-28(34)27(35-29(32)31-23-15-9-19(2)10-16-23)17-25-20(3)33(26-8-6-5-7-24(25)26)18-21-11-13-22(30)14-12-21/h5-17H,4,18H2,1-3H3/b27-17+,31-29?. The molecular weight excluding hydrogens is 518 g/mol. The molecule has 1 aliphatic rings. The van der Waals surface area contributed by atoms with Gasteiger partial charge in [0.25, 0.3) is 5.91 Å². The molecule has 4 aromatic rings. The molecule has 6 heteroatoms. The van der Waals surface area contributed by atoms with Gasteiger partial charge in [-0.15, -0.1) is 0 Å². The summed E-state index contributed by atoms with van der Waals surface area (Å²) in [7, 11) is 0. The number of rotatable bonds is 5. The van der Waals surface area contributed by atoms with Crippen LogP contribution in [-0.4, -0.2) is 27.1 Å². The third-order valence-corrected chi connectivity index (χ3v) is 7.81. The largest absolute Gasteiger partial charge is 0.340 e. The van der Waals surface area contributed by atoms with Crippen LogP contribution in [0.1, 0.15) is 29.3 Å². The van der Waals surface area contributed by atoms with E-state index in [0.717, 1.165) is 44.0 Å². The molecule has 0 bridgehead atoms. The van der Waals surface area contributed by atoms with E-state index in [9.17, 15) is 4.79 Å². The zero-order valence-electron chi connectivity index (χ0n) is 20.0. The van der Waals surface area contributed by atoms with Crippen molar-refractivity contribution in [1.82, 2.24) is 9.47 Å². The van der Waals surface area contributed by atoms with E-state index >= 15 is 0 Å². The fraction of sp³-hybridized carbons (Fsp3) is 0.172. The summed E-state index contributed by atoms with van der Waals surface area (Å²) < 4.78 is 3.40. The third-order valence-electron chi connectivity index (χ3n) is 6.27. The van der Waals surface area contributed by atoms with Crippen molar-refractivity contribution >= 4 is 61.4 Å². The lowest BCUT2D eigenvalue weighted by atomic mass is 10.1. The molecule has 35 heavy (non-hydrogen) atoms. The number of fused-ring (bicyclic) bond motifs is 1. The number of aliphatic imine (C=N–C) groups is 1. The Morgan fingerprint density at radius 2 is 1.69 bits per heavy atom. The Morgan fingerprint density at radius 1 is 0.971 bits per heavy atom. The summed E-state index contributed by atoms with van der Waals surface area (Å²) in [4.78, 5) is 20.6. The van der Waals surface area contributed by atoms with Crippen LogP contribution in [-0.2, 0) is 11.3 Å². The minimum Gasteiger partial charge on any atom is -0.340 e. The molecule has 176 valence electrons. The van der Waals surface area contributed by atoms with Gasteiger partial charge in [-0.1, -0.05) is 64.0 Å². The van der Waals surface area contributed by atoms with Crippen LogP contribution < -0.4 is 0 Å².